The van der Waals surface area contributed by atoms with Gasteiger partial charge in [0, 0.05) is 32.5 Å². The van der Waals surface area contributed by atoms with E-state index < -0.39 is 0 Å². The van der Waals surface area contributed by atoms with E-state index in [9.17, 15) is 4.79 Å². The number of anilines is 1. The van der Waals surface area contributed by atoms with E-state index in [0.29, 0.717) is 31.3 Å². The molecule has 2 N–H and O–H groups in total. The van der Waals surface area contributed by atoms with Gasteiger partial charge in [0.15, 0.2) is 0 Å². The number of amides is 1. The fourth-order valence-corrected chi connectivity index (χ4v) is 1.87. The van der Waals surface area contributed by atoms with Crippen molar-refractivity contribution < 1.29 is 9.53 Å². The summed E-state index contributed by atoms with van der Waals surface area (Å²) in [6.45, 7) is 4.82. The Labute approximate surface area is 132 Å². The van der Waals surface area contributed by atoms with Crippen LogP contribution >= 0.6 is 0 Å². The summed E-state index contributed by atoms with van der Waals surface area (Å²) < 4.78 is 4.99. The van der Waals surface area contributed by atoms with Crippen LogP contribution in [0.4, 0.5) is 5.95 Å². The standard InChI is InChI=1S/C15H27N5O2/c1-12-11-13(14(21)16-7-5-9-20(2)3)19-15(18-12)17-8-6-10-22-4/h11H,5-10H2,1-4H3,(H,16,21)(H,17,18,19). The molecule has 0 atom stereocenters. The molecule has 1 amide bonds. The van der Waals surface area contributed by atoms with Crippen LogP contribution in [0.2, 0.25) is 0 Å². The first-order valence-corrected chi connectivity index (χ1v) is 7.54. The number of aromatic nitrogens is 2. The summed E-state index contributed by atoms with van der Waals surface area (Å²) in [5, 5.41) is 5.99. The van der Waals surface area contributed by atoms with Crippen molar-refractivity contribution in [3.8, 4) is 0 Å². The van der Waals surface area contributed by atoms with Gasteiger partial charge < -0.3 is 20.3 Å². The van der Waals surface area contributed by atoms with Crippen LogP contribution in [0.25, 0.3) is 0 Å². The van der Waals surface area contributed by atoms with Crippen molar-refractivity contribution in [2.45, 2.75) is 19.8 Å². The van der Waals surface area contributed by atoms with Crippen molar-refractivity contribution in [2.24, 2.45) is 0 Å². The summed E-state index contributed by atoms with van der Waals surface area (Å²) in [5.41, 5.74) is 1.16. The molecule has 1 rings (SSSR count). The highest BCUT2D eigenvalue weighted by Gasteiger charge is 2.10. The SMILES string of the molecule is COCCCNc1nc(C)cc(C(=O)NCCCN(C)C)n1. The number of hydrogen-bond acceptors (Lipinski definition) is 6. The average Bonchev–Trinajstić information content (AvgIpc) is 2.47. The molecular formula is C15H27N5O2. The van der Waals surface area contributed by atoms with Crippen LogP contribution in [0, 0.1) is 6.92 Å². The van der Waals surface area contributed by atoms with Gasteiger partial charge in [0.05, 0.1) is 0 Å². The van der Waals surface area contributed by atoms with Gasteiger partial charge in [-0.05, 0) is 46.5 Å². The second-order valence-corrected chi connectivity index (χ2v) is 5.40. The van der Waals surface area contributed by atoms with Gasteiger partial charge in [-0.25, -0.2) is 9.97 Å². The van der Waals surface area contributed by atoms with E-state index in [1.54, 1.807) is 13.2 Å². The summed E-state index contributed by atoms with van der Waals surface area (Å²) in [5.74, 6) is 0.318. The number of hydrogen-bond donors (Lipinski definition) is 2. The zero-order valence-electron chi connectivity index (χ0n) is 14.0. The number of carbonyl (C=O) groups is 1. The predicted molar refractivity (Wildman–Crippen MR) is 87.3 cm³/mol. The maximum absolute atomic E-state index is 12.1. The van der Waals surface area contributed by atoms with Crippen molar-refractivity contribution >= 4 is 11.9 Å². The Hall–Kier alpha value is -1.73. The Morgan fingerprint density at radius 2 is 2.05 bits per heavy atom. The molecule has 1 aromatic heterocycles. The molecule has 1 aromatic rings. The number of carbonyl (C=O) groups excluding carboxylic acids is 1. The van der Waals surface area contributed by atoms with Crippen LogP contribution in [0.15, 0.2) is 6.07 Å². The van der Waals surface area contributed by atoms with Crippen LogP contribution < -0.4 is 10.6 Å². The Kier molecular flexibility index (Phi) is 8.39. The van der Waals surface area contributed by atoms with E-state index in [0.717, 1.165) is 25.1 Å². The molecule has 0 fully saturated rings. The smallest absolute Gasteiger partial charge is 0.270 e. The summed E-state index contributed by atoms with van der Waals surface area (Å²) in [6.07, 6.45) is 1.77. The lowest BCUT2D eigenvalue weighted by Gasteiger charge is -2.10. The molecule has 0 aromatic carbocycles. The molecule has 7 nitrogen and oxygen atoms in total. The van der Waals surface area contributed by atoms with Crippen molar-refractivity contribution in [1.29, 1.82) is 0 Å². The van der Waals surface area contributed by atoms with Crippen LogP contribution in [0.1, 0.15) is 29.0 Å². The highest BCUT2D eigenvalue weighted by atomic mass is 16.5. The molecule has 0 spiro atoms. The lowest BCUT2D eigenvalue weighted by Crippen LogP contribution is -2.28. The van der Waals surface area contributed by atoms with Gasteiger partial charge in [-0.3, -0.25) is 4.79 Å². The highest BCUT2D eigenvalue weighted by Crippen LogP contribution is 2.05. The lowest BCUT2D eigenvalue weighted by molar-refractivity contribution is 0.0947. The van der Waals surface area contributed by atoms with Gasteiger partial charge in [0.1, 0.15) is 5.69 Å². The molecule has 0 bridgehead atoms. The second kappa shape index (κ2) is 10.1. The fraction of sp³-hybridized carbons (Fsp3) is 0.667. The molecule has 22 heavy (non-hydrogen) atoms. The molecule has 0 aliphatic heterocycles. The van der Waals surface area contributed by atoms with E-state index in [1.165, 1.54) is 0 Å². The number of rotatable bonds is 10. The van der Waals surface area contributed by atoms with Crippen LogP contribution in [-0.2, 0) is 4.74 Å². The highest BCUT2D eigenvalue weighted by molar-refractivity contribution is 5.92. The van der Waals surface area contributed by atoms with Gasteiger partial charge in [-0.15, -0.1) is 0 Å². The van der Waals surface area contributed by atoms with Crippen LogP contribution in [0.5, 0.6) is 0 Å². The normalized spacial score (nSPS) is 10.8. The minimum atomic E-state index is -0.163. The van der Waals surface area contributed by atoms with Crippen molar-refractivity contribution in [3.05, 3.63) is 17.5 Å². The lowest BCUT2D eigenvalue weighted by atomic mass is 10.3. The van der Waals surface area contributed by atoms with Crippen molar-refractivity contribution in [2.75, 3.05) is 52.8 Å². The molecule has 7 heteroatoms. The van der Waals surface area contributed by atoms with Gasteiger partial charge >= 0.3 is 0 Å². The monoisotopic (exact) mass is 309 g/mol. The second-order valence-electron chi connectivity index (χ2n) is 5.40. The Morgan fingerprint density at radius 1 is 1.27 bits per heavy atom. The molecule has 124 valence electrons. The van der Waals surface area contributed by atoms with E-state index in [4.69, 9.17) is 4.74 Å². The zero-order valence-corrected chi connectivity index (χ0v) is 14.0. The predicted octanol–water partition coefficient (Wildman–Crippen LogP) is 0.915. The quantitative estimate of drug-likeness (QED) is 0.626. The van der Waals surface area contributed by atoms with Crippen molar-refractivity contribution in [1.82, 2.24) is 20.2 Å². The minimum Gasteiger partial charge on any atom is -0.385 e. The van der Waals surface area contributed by atoms with Crippen LogP contribution in [0.3, 0.4) is 0 Å². The molecule has 0 saturated carbocycles. The molecule has 0 saturated heterocycles. The maximum Gasteiger partial charge on any atom is 0.270 e. The summed E-state index contributed by atoms with van der Waals surface area (Å²) >= 11 is 0. The Morgan fingerprint density at radius 3 is 2.73 bits per heavy atom. The molecule has 0 aliphatic rings. The molecule has 0 unspecified atom stereocenters. The molecule has 0 radical (unpaired) electrons. The molecule has 0 aliphatic carbocycles. The van der Waals surface area contributed by atoms with E-state index in [-0.39, 0.29) is 5.91 Å². The largest absolute Gasteiger partial charge is 0.385 e. The Balaban J connectivity index is 2.50. The number of methoxy groups -OCH3 is 1. The van der Waals surface area contributed by atoms with E-state index >= 15 is 0 Å². The summed E-state index contributed by atoms with van der Waals surface area (Å²) in [4.78, 5) is 22.7. The topological polar surface area (TPSA) is 79.4 Å². The fourth-order valence-electron chi connectivity index (χ4n) is 1.87. The van der Waals surface area contributed by atoms with Crippen molar-refractivity contribution in [3.63, 3.8) is 0 Å². The first kappa shape index (κ1) is 18.3. The number of ether oxygens (including phenoxy) is 1. The van der Waals surface area contributed by atoms with E-state index in [2.05, 4.69) is 25.5 Å². The van der Waals surface area contributed by atoms with Gasteiger partial charge in [-0.1, -0.05) is 0 Å². The zero-order chi connectivity index (χ0) is 16.4. The minimum absolute atomic E-state index is 0.163. The maximum atomic E-state index is 12.1. The first-order chi connectivity index (χ1) is 10.5. The summed E-state index contributed by atoms with van der Waals surface area (Å²) in [7, 11) is 5.69. The van der Waals surface area contributed by atoms with Crippen LogP contribution in [-0.4, -0.2) is 68.2 Å². The first-order valence-electron chi connectivity index (χ1n) is 7.54. The third-order valence-electron chi connectivity index (χ3n) is 2.96. The molecular weight excluding hydrogens is 282 g/mol. The number of nitrogens with zero attached hydrogens (tertiary/aromatic N) is 3. The average molecular weight is 309 g/mol. The van der Waals surface area contributed by atoms with Gasteiger partial charge in [0.25, 0.3) is 5.91 Å². The number of aryl methyl sites for hydroxylation is 1. The van der Waals surface area contributed by atoms with Gasteiger partial charge in [0.2, 0.25) is 5.95 Å². The number of nitrogens with one attached hydrogen (secondary N) is 2. The Bertz CT molecular complexity index is 465. The van der Waals surface area contributed by atoms with E-state index in [1.807, 2.05) is 21.0 Å². The van der Waals surface area contributed by atoms with Gasteiger partial charge in [-0.2, -0.15) is 0 Å². The third kappa shape index (κ3) is 7.33. The molecule has 1 heterocycles. The summed E-state index contributed by atoms with van der Waals surface area (Å²) in [6, 6.07) is 1.70. The third-order valence-corrected chi connectivity index (χ3v) is 2.96.